The molecule has 6 heteroatoms. The predicted octanol–water partition coefficient (Wildman–Crippen LogP) is 0.711. The van der Waals surface area contributed by atoms with Crippen LogP contribution in [0.5, 0.6) is 11.5 Å². The van der Waals surface area contributed by atoms with Gasteiger partial charge in [-0.1, -0.05) is 6.92 Å². The van der Waals surface area contributed by atoms with E-state index in [1.54, 1.807) is 25.1 Å². The zero-order valence-corrected chi connectivity index (χ0v) is 12.1. The van der Waals surface area contributed by atoms with Crippen LogP contribution in [0.2, 0.25) is 0 Å². The van der Waals surface area contributed by atoms with E-state index < -0.39 is 5.54 Å². The van der Waals surface area contributed by atoms with Crippen molar-refractivity contribution < 1.29 is 24.5 Å². The van der Waals surface area contributed by atoms with Gasteiger partial charge < -0.3 is 25.0 Å². The van der Waals surface area contributed by atoms with Crippen LogP contribution in [0.3, 0.4) is 0 Å². The fourth-order valence-electron chi connectivity index (χ4n) is 2.06. The molecule has 0 aliphatic carbocycles. The SMILES string of the molecule is CCC(CO)(CO)NC(=O)c1ccc2c(c1)OCCCO2. The van der Waals surface area contributed by atoms with Gasteiger partial charge in [-0.3, -0.25) is 4.79 Å². The Labute approximate surface area is 123 Å². The Bertz CT molecular complexity index is 491. The number of carbonyl (C=O) groups is 1. The quantitative estimate of drug-likeness (QED) is 0.744. The van der Waals surface area contributed by atoms with E-state index in [4.69, 9.17) is 9.47 Å². The van der Waals surface area contributed by atoms with E-state index in [2.05, 4.69) is 5.32 Å². The second-order valence-electron chi connectivity index (χ2n) is 5.12. The molecule has 0 unspecified atom stereocenters. The second-order valence-corrected chi connectivity index (χ2v) is 5.12. The van der Waals surface area contributed by atoms with Crippen LogP contribution in [0.4, 0.5) is 0 Å². The number of rotatable bonds is 5. The molecule has 116 valence electrons. The number of hydrogen-bond donors (Lipinski definition) is 3. The lowest BCUT2D eigenvalue weighted by Gasteiger charge is -2.29. The Kier molecular flexibility index (Phi) is 5.03. The summed E-state index contributed by atoms with van der Waals surface area (Å²) in [6.07, 6.45) is 1.22. The highest BCUT2D eigenvalue weighted by Crippen LogP contribution is 2.30. The molecule has 0 saturated heterocycles. The van der Waals surface area contributed by atoms with E-state index >= 15 is 0 Å². The second kappa shape index (κ2) is 6.78. The molecule has 1 aliphatic heterocycles. The molecule has 0 atom stereocenters. The summed E-state index contributed by atoms with van der Waals surface area (Å²) in [5.74, 6) is 0.793. The third kappa shape index (κ3) is 3.46. The van der Waals surface area contributed by atoms with Crippen LogP contribution in [0.15, 0.2) is 18.2 Å². The Hall–Kier alpha value is -1.79. The van der Waals surface area contributed by atoms with Crippen LogP contribution in [-0.4, -0.2) is 48.1 Å². The molecular formula is C15H21NO5. The number of nitrogens with one attached hydrogen (secondary N) is 1. The van der Waals surface area contributed by atoms with Crippen molar-refractivity contribution >= 4 is 5.91 Å². The lowest BCUT2D eigenvalue weighted by molar-refractivity contribution is 0.0652. The van der Waals surface area contributed by atoms with Gasteiger partial charge in [-0.15, -0.1) is 0 Å². The first-order chi connectivity index (χ1) is 10.1. The first-order valence-electron chi connectivity index (χ1n) is 7.08. The highest BCUT2D eigenvalue weighted by molar-refractivity contribution is 5.95. The fraction of sp³-hybridized carbons (Fsp3) is 0.533. The van der Waals surface area contributed by atoms with Gasteiger partial charge in [0, 0.05) is 12.0 Å². The number of benzene rings is 1. The molecule has 0 radical (unpaired) electrons. The summed E-state index contributed by atoms with van der Waals surface area (Å²) in [6.45, 7) is 2.28. The normalized spacial score (nSPS) is 14.4. The molecule has 1 aliphatic rings. The summed E-state index contributed by atoms with van der Waals surface area (Å²) < 4.78 is 11.1. The van der Waals surface area contributed by atoms with Gasteiger partial charge in [-0.25, -0.2) is 0 Å². The Morgan fingerprint density at radius 3 is 2.52 bits per heavy atom. The molecule has 21 heavy (non-hydrogen) atoms. The van der Waals surface area contributed by atoms with Crippen molar-refractivity contribution in [2.45, 2.75) is 25.3 Å². The van der Waals surface area contributed by atoms with Crippen molar-refractivity contribution in [2.24, 2.45) is 0 Å². The molecule has 6 nitrogen and oxygen atoms in total. The molecule has 1 aromatic carbocycles. The van der Waals surface area contributed by atoms with E-state index in [9.17, 15) is 15.0 Å². The van der Waals surface area contributed by atoms with Gasteiger partial charge in [-0.2, -0.15) is 0 Å². The predicted molar refractivity (Wildman–Crippen MR) is 76.7 cm³/mol. The zero-order chi connectivity index (χ0) is 15.3. The van der Waals surface area contributed by atoms with Crippen molar-refractivity contribution in [1.82, 2.24) is 5.32 Å². The van der Waals surface area contributed by atoms with Crippen molar-refractivity contribution in [1.29, 1.82) is 0 Å². The van der Waals surface area contributed by atoms with Crippen LogP contribution >= 0.6 is 0 Å². The largest absolute Gasteiger partial charge is 0.490 e. The number of ether oxygens (including phenoxy) is 2. The van der Waals surface area contributed by atoms with E-state index in [0.29, 0.717) is 36.7 Å². The number of fused-ring (bicyclic) bond motifs is 1. The maximum atomic E-state index is 12.3. The van der Waals surface area contributed by atoms with Crippen LogP contribution < -0.4 is 14.8 Å². The van der Waals surface area contributed by atoms with Gasteiger partial charge in [0.05, 0.1) is 32.0 Å². The van der Waals surface area contributed by atoms with E-state index in [1.165, 1.54) is 0 Å². The van der Waals surface area contributed by atoms with Crippen molar-refractivity contribution in [3.05, 3.63) is 23.8 Å². The minimum Gasteiger partial charge on any atom is -0.490 e. The average molecular weight is 295 g/mol. The van der Waals surface area contributed by atoms with Gasteiger partial charge in [0.1, 0.15) is 0 Å². The highest BCUT2D eigenvalue weighted by atomic mass is 16.5. The molecule has 1 amide bonds. The summed E-state index contributed by atoms with van der Waals surface area (Å²) in [4.78, 5) is 12.3. The Morgan fingerprint density at radius 1 is 1.24 bits per heavy atom. The number of aliphatic hydroxyl groups is 2. The summed E-state index contributed by atoms with van der Waals surface area (Å²) in [5.41, 5.74) is -0.611. The third-order valence-corrected chi connectivity index (χ3v) is 3.67. The molecule has 0 saturated carbocycles. The molecule has 3 N–H and O–H groups in total. The molecule has 1 aromatic rings. The Morgan fingerprint density at radius 2 is 1.90 bits per heavy atom. The number of amides is 1. The Balaban J connectivity index is 2.18. The van der Waals surface area contributed by atoms with Gasteiger partial charge in [-0.05, 0) is 24.6 Å². The van der Waals surface area contributed by atoms with E-state index in [-0.39, 0.29) is 19.1 Å². The first kappa shape index (κ1) is 15.6. The van der Waals surface area contributed by atoms with E-state index in [0.717, 1.165) is 6.42 Å². The highest BCUT2D eigenvalue weighted by Gasteiger charge is 2.29. The number of aliphatic hydroxyl groups excluding tert-OH is 2. The summed E-state index contributed by atoms with van der Waals surface area (Å²) in [5, 5.41) is 21.4. The van der Waals surface area contributed by atoms with Crippen molar-refractivity contribution in [3.63, 3.8) is 0 Å². The van der Waals surface area contributed by atoms with Crippen LogP contribution in [0, 0.1) is 0 Å². The summed E-state index contributed by atoms with van der Waals surface area (Å²) in [7, 11) is 0. The van der Waals surface area contributed by atoms with Gasteiger partial charge in [0.25, 0.3) is 5.91 Å². The molecule has 0 bridgehead atoms. The number of carbonyl (C=O) groups excluding carboxylic acids is 1. The monoisotopic (exact) mass is 295 g/mol. The zero-order valence-electron chi connectivity index (χ0n) is 12.1. The molecular weight excluding hydrogens is 274 g/mol. The van der Waals surface area contributed by atoms with E-state index in [1.807, 2.05) is 0 Å². The minimum absolute atomic E-state index is 0.323. The summed E-state index contributed by atoms with van der Waals surface area (Å²) in [6, 6.07) is 4.95. The maximum absolute atomic E-state index is 12.3. The standard InChI is InChI=1S/C15H21NO5/c1-2-15(9-17,10-18)16-14(19)11-4-5-12-13(8-11)21-7-3-6-20-12/h4-5,8,17-18H,2-3,6-7,9-10H2,1H3,(H,16,19). The average Bonchev–Trinajstić information content (AvgIpc) is 2.77. The molecule has 0 aromatic heterocycles. The first-order valence-corrected chi connectivity index (χ1v) is 7.08. The third-order valence-electron chi connectivity index (χ3n) is 3.67. The molecule has 2 rings (SSSR count). The van der Waals surface area contributed by atoms with Crippen molar-refractivity contribution in [2.75, 3.05) is 26.4 Å². The van der Waals surface area contributed by atoms with Crippen LogP contribution in [0.25, 0.3) is 0 Å². The fourth-order valence-corrected chi connectivity index (χ4v) is 2.06. The molecule has 0 spiro atoms. The van der Waals surface area contributed by atoms with Crippen LogP contribution in [0.1, 0.15) is 30.1 Å². The minimum atomic E-state index is -1.01. The van der Waals surface area contributed by atoms with Gasteiger partial charge >= 0.3 is 0 Å². The summed E-state index contributed by atoms with van der Waals surface area (Å²) >= 11 is 0. The molecule has 0 fully saturated rings. The van der Waals surface area contributed by atoms with Crippen molar-refractivity contribution in [3.8, 4) is 11.5 Å². The lowest BCUT2D eigenvalue weighted by Crippen LogP contribution is -2.53. The lowest BCUT2D eigenvalue weighted by atomic mass is 9.97. The topological polar surface area (TPSA) is 88.0 Å². The van der Waals surface area contributed by atoms with Gasteiger partial charge in [0.2, 0.25) is 0 Å². The van der Waals surface area contributed by atoms with Crippen LogP contribution in [-0.2, 0) is 0 Å². The maximum Gasteiger partial charge on any atom is 0.252 e. The number of hydrogen-bond acceptors (Lipinski definition) is 5. The smallest absolute Gasteiger partial charge is 0.252 e. The van der Waals surface area contributed by atoms with Gasteiger partial charge in [0.15, 0.2) is 11.5 Å². The molecule has 1 heterocycles.